The first kappa shape index (κ1) is 15.4. The maximum absolute atomic E-state index is 11.8. The minimum absolute atomic E-state index is 0.259. The van der Waals surface area contributed by atoms with Crippen LogP contribution in [0.2, 0.25) is 0 Å². The highest BCUT2D eigenvalue weighted by molar-refractivity contribution is 5.81. The second-order valence-electron chi connectivity index (χ2n) is 4.95. The van der Waals surface area contributed by atoms with Gasteiger partial charge in [0, 0.05) is 19.2 Å². The molecule has 0 aliphatic heterocycles. The smallest absolute Gasteiger partial charge is 0.326 e. The second-order valence-corrected chi connectivity index (χ2v) is 4.95. The van der Waals surface area contributed by atoms with E-state index < -0.39 is 5.54 Å². The zero-order valence-corrected chi connectivity index (χ0v) is 11.8. The number of hydrogen-bond acceptors (Lipinski definition) is 5. The second kappa shape index (κ2) is 7.07. The summed E-state index contributed by atoms with van der Waals surface area (Å²) in [5.74, 6) is -0.259. The standard InChI is InChI=1S/C13H26N2O3/c1-4-17-9-8-15(3)11-6-7-13(14,10-11)12(16)18-5-2/h11H,4-10,14H2,1-3H3. The average molecular weight is 258 g/mol. The minimum Gasteiger partial charge on any atom is -0.465 e. The fourth-order valence-electron chi connectivity index (χ4n) is 2.42. The van der Waals surface area contributed by atoms with Crippen molar-refractivity contribution >= 4 is 5.97 Å². The molecule has 0 amide bonds. The summed E-state index contributed by atoms with van der Waals surface area (Å²) in [5, 5.41) is 0. The van der Waals surface area contributed by atoms with Crippen LogP contribution >= 0.6 is 0 Å². The summed E-state index contributed by atoms with van der Waals surface area (Å²) in [6.07, 6.45) is 2.32. The normalized spacial score (nSPS) is 27.7. The number of carbonyl (C=O) groups excluding carboxylic acids is 1. The van der Waals surface area contributed by atoms with E-state index in [9.17, 15) is 4.79 Å². The summed E-state index contributed by atoms with van der Waals surface area (Å²) >= 11 is 0. The van der Waals surface area contributed by atoms with E-state index in [0.717, 1.165) is 26.2 Å². The van der Waals surface area contributed by atoms with Crippen LogP contribution in [0.15, 0.2) is 0 Å². The van der Waals surface area contributed by atoms with E-state index in [1.54, 1.807) is 0 Å². The number of ether oxygens (including phenoxy) is 2. The minimum atomic E-state index is -0.791. The zero-order chi connectivity index (χ0) is 13.6. The Morgan fingerprint density at radius 3 is 2.78 bits per heavy atom. The fourth-order valence-corrected chi connectivity index (χ4v) is 2.42. The Morgan fingerprint density at radius 1 is 1.44 bits per heavy atom. The molecule has 2 atom stereocenters. The summed E-state index contributed by atoms with van der Waals surface area (Å²) < 4.78 is 10.4. The molecule has 1 aliphatic rings. The van der Waals surface area contributed by atoms with E-state index in [1.165, 1.54) is 0 Å². The van der Waals surface area contributed by atoms with Gasteiger partial charge in [-0.1, -0.05) is 0 Å². The van der Waals surface area contributed by atoms with Gasteiger partial charge in [-0.3, -0.25) is 4.79 Å². The van der Waals surface area contributed by atoms with Crippen LogP contribution in [0, 0.1) is 0 Å². The molecule has 1 rings (SSSR count). The lowest BCUT2D eigenvalue weighted by molar-refractivity contribution is -0.149. The van der Waals surface area contributed by atoms with Crippen LogP contribution in [-0.4, -0.2) is 55.9 Å². The molecule has 1 fully saturated rings. The first-order valence-corrected chi connectivity index (χ1v) is 6.77. The van der Waals surface area contributed by atoms with Crippen molar-refractivity contribution in [3.8, 4) is 0 Å². The van der Waals surface area contributed by atoms with Crippen molar-refractivity contribution in [2.75, 3.05) is 33.4 Å². The first-order chi connectivity index (χ1) is 8.53. The van der Waals surface area contributed by atoms with Crippen LogP contribution in [-0.2, 0) is 14.3 Å². The van der Waals surface area contributed by atoms with Crippen molar-refractivity contribution in [2.45, 2.75) is 44.7 Å². The maximum Gasteiger partial charge on any atom is 0.326 e. The lowest BCUT2D eigenvalue weighted by atomic mass is 9.99. The molecule has 0 heterocycles. The van der Waals surface area contributed by atoms with Crippen LogP contribution < -0.4 is 5.73 Å². The predicted molar refractivity (Wildman–Crippen MR) is 70.3 cm³/mol. The summed E-state index contributed by atoms with van der Waals surface area (Å²) in [7, 11) is 2.06. The van der Waals surface area contributed by atoms with Crippen molar-refractivity contribution in [2.24, 2.45) is 5.73 Å². The molecule has 5 heteroatoms. The molecule has 1 saturated carbocycles. The lowest BCUT2D eigenvalue weighted by Crippen LogP contribution is -2.48. The molecule has 0 aromatic carbocycles. The highest BCUT2D eigenvalue weighted by atomic mass is 16.5. The van der Waals surface area contributed by atoms with Gasteiger partial charge in [0.15, 0.2) is 0 Å². The number of nitrogens with zero attached hydrogens (tertiary/aromatic N) is 1. The first-order valence-electron chi connectivity index (χ1n) is 6.77. The van der Waals surface area contributed by atoms with E-state index >= 15 is 0 Å². The number of hydrogen-bond donors (Lipinski definition) is 1. The molecule has 0 radical (unpaired) electrons. The van der Waals surface area contributed by atoms with E-state index in [2.05, 4.69) is 11.9 Å². The van der Waals surface area contributed by atoms with Gasteiger partial charge in [0.2, 0.25) is 0 Å². The quantitative estimate of drug-likeness (QED) is 0.540. The zero-order valence-electron chi connectivity index (χ0n) is 11.8. The Bertz CT molecular complexity index is 273. The highest BCUT2D eigenvalue weighted by Gasteiger charge is 2.44. The van der Waals surface area contributed by atoms with Crippen LogP contribution in [0.4, 0.5) is 0 Å². The largest absolute Gasteiger partial charge is 0.465 e. The number of carbonyl (C=O) groups is 1. The summed E-state index contributed by atoms with van der Waals surface area (Å²) in [5.41, 5.74) is 5.35. The number of nitrogens with two attached hydrogens (primary N) is 1. The van der Waals surface area contributed by atoms with E-state index in [-0.39, 0.29) is 5.97 Å². The van der Waals surface area contributed by atoms with Crippen LogP contribution in [0.1, 0.15) is 33.1 Å². The molecule has 0 bridgehead atoms. The predicted octanol–water partition coefficient (Wildman–Crippen LogP) is 0.768. The SMILES string of the molecule is CCOCCN(C)C1CCC(N)(C(=O)OCC)C1. The Hall–Kier alpha value is -0.650. The molecule has 0 saturated heterocycles. The molecule has 0 aromatic heterocycles. The van der Waals surface area contributed by atoms with Crippen molar-refractivity contribution in [3.05, 3.63) is 0 Å². The molecular formula is C13H26N2O3. The van der Waals surface area contributed by atoms with E-state index in [1.807, 2.05) is 13.8 Å². The van der Waals surface area contributed by atoms with Gasteiger partial charge < -0.3 is 20.1 Å². The molecule has 5 nitrogen and oxygen atoms in total. The molecule has 2 N–H and O–H groups in total. The van der Waals surface area contributed by atoms with Crippen molar-refractivity contribution in [1.29, 1.82) is 0 Å². The molecule has 0 spiro atoms. The average Bonchev–Trinajstić information content (AvgIpc) is 2.74. The molecular weight excluding hydrogens is 232 g/mol. The molecule has 1 aliphatic carbocycles. The Labute approximate surface area is 110 Å². The van der Waals surface area contributed by atoms with Crippen LogP contribution in [0.3, 0.4) is 0 Å². The van der Waals surface area contributed by atoms with Gasteiger partial charge in [-0.25, -0.2) is 0 Å². The van der Waals surface area contributed by atoms with Gasteiger partial charge in [-0.15, -0.1) is 0 Å². The monoisotopic (exact) mass is 258 g/mol. The van der Waals surface area contributed by atoms with Crippen molar-refractivity contribution < 1.29 is 14.3 Å². The summed E-state index contributed by atoms with van der Waals surface area (Å²) in [4.78, 5) is 14.0. The van der Waals surface area contributed by atoms with Gasteiger partial charge in [-0.05, 0) is 40.2 Å². The number of esters is 1. The Balaban J connectivity index is 2.41. The van der Waals surface area contributed by atoms with Gasteiger partial charge in [0.1, 0.15) is 5.54 Å². The third kappa shape index (κ3) is 3.93. The molecule has 2 unspecified atom stereocenters. The Morgan fingerprint density at radius 2 is 2.17 bits per heavy atom. The number of rotatable bonds is 7. The van der Waals surface area contributed by atoms with Crippen LogP contribution in [0.5, 0.6) is 0 Å². The third-order valence-electron chi connectivity index (χ3n) is 3.62. The summed E-state index contributed by atoms with van der Waals surface area (Å²) in [6.45, 7) is 6.52. The molecule has 18 heavy (non-hydrogen) atoms. The van der Waals surface area contributed by atoms with E-state index in [0.29, 0.717) is 25.5 Å². The van der Waals surface area contributed by atoms with Gasteiger partial charge in [-0.2, -0.15) is 0 Å². The topological polar surface area (TPSA) is 64.8 Å². The maximum atomic E-state index is 11.8. The Kier molecular flexibility index (Phi) is 6.05. The van der Waals surface area contributed by atoms with Crippen molar-refractivity contribution in [3.63, 3.8) is 0 Å². The third-order valence-corrected chi connectivity index (χ3v) is 3.62. The van der Waals surface area contributed by atoms with Gasteiger partial charge in [0.05, 0.1) is 13.2 Å². The molecule has 0 aromatic rings. The molecule has 106 valence electrons. The number of likely N-dealkylation sites (N-methyl/N-ethyl adjacent to an activating group) is 1. The summed E-state index contributed by atoms with van der Waals surface area (Å²) in [6, 6.07) is 0.347. The van der Waals surface area contributed by atoms with Gasteiger partial charge >= 0.3 is 5.97 Å². The highest BCUT2D eigenvalue weighted by Crippen LogP contribution is 2.31. The van der Waals surface area contributed by atoms with Gasteiger partial charge in [0.25, 0.3) is 0 Å². The van der Waals surface area contributed by atoms with E-state index in [4.69, 9.17) is 15.2 Å². The van der Waals surface area contributed by atoms with Crippen molar-refractivity contribution in [1.82, 2.24) is 4.90 Å². The fraction of sp³-hybridized carbons (Fsp3) is 0.923. The lowest BCUT2D eigenvalue weighted by Gasteiger charge is -2.26. The van der Waals surface area contributed by atoms with Crippen LogP contribution in [0.25, 0.3) is 0 Å².